The highest BCUT2D eigenvalue weighted by atomic mass is 14.9. The van der Waals surface area contributed by atoms with E-state index in [4.69, 9.17) is 0 Å². The lowest BCUT2D eigenvalue weighted by atomic mass is 9.83. The van der Waals surface area contributed by atoms with Crippen LogP contribution < -0.4 is 5.32 Å². The second kappa shape index (κ2) is 4.10. The Kier molecular flexibility index (Phi) is 3.38. The first kappa shape index (κ1) is 9.05. The molecule has 1 heteroatoms. The Labute approximate surface area is 70.6 Å². The van der Waals surface area contributed by atoms with Gasteiger partial charge in [0.1, 0.15) is 0 Å². The van der Waals surface area contributed by atoms with Gasteiger partial charge in [0.05, 0.1) is 0 Å². The molecule has 0 aromatic heterocycles. The molecule has 1 fully saturated rings. The van der Waals surface area contributed by atoms with Crippen molar-refractivity contribution in [3.8, 4) is 0 Å². The molecule has 11 heavy (non-hydrogen) atoms. The van der Waals surface area contributed by atoms with Crippen molar-refractivity contribution in [3.05, 3.63) is 0 Å². The molecule has 1 N–H and O–H groups in total. The fourth-order valence-electron chi connectivity index (χ4n) is 2.17. The largest absolute Gasteiger partial charge is 0.316 e. The molecule has 0 spiro atoms. The number of rotatable bonds is 4. The van der Waals surface area contributed by atoms with E-state index in [2.05, 4.69) is 19.2 Å². The Hall–Kier alpha value is -0.0400. The summed E-state index contributed by atoms with van der Waals surface area (Å²) in [7, 11) is 0. The summed E-state index contributed by atoms with van der Waals surface area (Å²) in [5.74, 6) is 0. The molecule has 66 valence electrons. The van der Waals surface area contributed by atoms with Gasteiger partial charge in [0.2, 0.25) is 0 Å². The predicted octanol–water partition coefficient (Wildman–Crippen LogP) is 2.57. The number of hydrogen-bond donors (Lipinski definition) is 1. The first-order valence-electron chi connectivity index (χ1n) is 5.04. The minimum atomic E-state index is 0.677. The maximum absolute atomic E-state index is 3.48. The standard InChI is InChI=1S/C10H21N/c1-3-10(9-11-4-2)7-5-6-8-10/h11H,3-9H2,1-2H3. The van der Waals surface area contributed by atoms with Crippen LogP contribution >= 0.6 is 0 Å². The van der Waals surface area contributed by atoms with Crippen molar-refractivity contribution in [2.24, 2.45) is 5.41 Å². The van der Waals surface area contributed by atoms with Gasteiger partial charge in [-0.2, -0.15) is 0 Å². The number of hydrogen-bond acceptors (Lipinski definition) is 1. The summed E-state index contributed by atoms with van der Waals surface area (Å²) in [5.41, 5.74) is 0.677. The lowest BCUT2D eigenvalue weighted by molar-refractivity contribution is 0.271. The van der Waals surface area contributed by atoms with E-state index in [-0.39, 0.29) is 0 Å². The van der Waals surface area contributed by atoms with Gasteiger partial charge < -0.3 is 5.32 Å². The van der Waals surface area contributed by atoms with Gasteiger partial charge in [-0.25, -0.2) is 0 Å². The van der Waals surface area contributed by atoms with Crippen LogP contribution in [-0.4, -0.2) is 13.1 Å². The molecule has 1 aliphatic carbocycles. The van der Waals surface area contributed by atoms with Crippen molar-refractivity contribution < 1.29 is 0 Å². The average Bonchev–Trinajstić information content (AvgIpc) is 2.50. The van der Waals surface area contributed by atoms with Gasteiger partial charge in [0, 0.05) is 6.54 Å². The third-order valence-electron chi connectivity index (χ3n) is 3.16. The quantitative estimate of drug-likeness (QED) is 0.658. The zero-order valence-electron chi connectivity index (χ0n) is 7.95. The van der Waals surface area contributed by atoms with Crippen LogP contribution in [0.5, 0.6) is 0 Å². The van der Waals surface area contributed by atoms with Gasteiger partial charge in [-0.1, -0.05) is 26.7 Å². The summed E-state index contributed by atoms with van der Waals surface area (Å²) in [5, 5.41) is 3.48. The van der Waals surface area contributed by atoms with Crippen molar-refractivity contribution in [2.45, 2.75) is 46.0 Å². The van der Waals surface area contributed by atoms with E-state index in [1.165, 1.54) is 38.6 Å². The highest BCUT2D eigenvalue weighted by Gasteiger charge is 2.30. The van der Waals surface area contributed by atoms with Gasteiger partial charge in [0.15, 0.2) is 0 Å². The topological polar surface area (TPSA) is 12.0 Å². The van der Waals surface area contributed by atoms with E-state index in [1.54, 1.807) is 0 Å². The van der Waals surface area contributed by atoms with Crippen LogP contribution in [0.15, 0.2) is 0 Å². The molecule has 1 nitrogen and oxygen atoms in total. The van der Waals surface area contributed by atoms with E-state index in [0.29, 0.717) is 5.41 Å². The molecule has 0 radical (unpaired) electrons. The Balaban J connectivity index is 2.33. The fraction of sp³-hybridized carbons (Fsp3) is 1.00. The van der Waals surface area contributed by atoms with Crippen molar-refractivity contribution in [3.63, 3.8) is 0 Å². The first-order chi connectivity index (χ1) is 5.33. The highest BCUT2D eigenvalue weighted by Crippen LogP contribution is 2.40. The molecule has 0 unspecified atom stereocenters. The Bertz CT molecular complexity index is 103. The van der Waals surface area contributed by atoms with E-state index in [0.717, 1.165) is 6.54 Å². The van der Waals surface area contributed by atoms with Crippen LogP contribution in [0.4, 0.5) is 0 Å². The van der Waals surface area contributed by atoms with E-state index < -0.39 is 0 Å². The van der Waals surface area contributed by atoms with E-state index in [1.807, 2.05) is 0 Å². The monoisotopic (exact) mass is 155 g/mol. The summed E-state index contributed by atoms with van der Waals surface area (Å²) in [4.78, 5) is 0. The van der Waals surface area contributed by atoms with Crippen LogP contribution in [0, 0.1) is 5.41 Å². The SMILES string of the molecule is CCNCC1(CC)CCCC1. The summed E-state index contributed by atoms with van der Waals surface area (Å²) in [6.07, 6.45) is 7.19. The predicted molar refractivity (Wildman–Crippen MR) is 49.7 cm³/mol. The molecule has 0 heterocycles. The first-order valence-corrected chi connectivity index (χ1v) is 5.04. The Morgan fingerprint density at radius 3 is 2.27 bits per heavy atom. The van der Waals surface area contributed by atoms with Crippen LogP contribution in [0.25, 0.3) is 0 Å². The van der Waals surface area contributed by atoms with Crippen LogP contribution in [0.2, 0.25) is 0 Å². The van der Waals surface area contributed by atoms with Crippen LogP contribution in [-0.2, 0) is 0 Å². The fourth-order valence-corrected chi connectivity index (χ4v) is 2.17. The zero-order chi connectivity index (χ0) is 8.16. The molecule has 1 saturated carbocycles. The molecule has 1 aliphatic rings. The molecule has 0 aliphatic heterocycles. The summed E-state index contributed by atoms with van der Waals surface area (Å²) in [6.45, 7) is 6.91. The van der Waals surface area contributed by atoms with Gasteiger partial charge in [-0.05, 0) is 31.2 Å². The van der Waals surface area contributed by atoms with Gasteiger partial charge in [-0.3, -0.25) is 0 Å². The average molecular weight is 155 g/mol. The molecule has 0 bridgehead atoms. The molecule has 0 atom stereocenters. The third-order valence-corrected chi connectivity index (χ3v) is 3.16. The molecule has 0 aromatic rings. The second-order valence-corrected chi connectivity index (χ2v) is 3.84. The third kappa shape index (κ3) is 2.19. The van der Waals surface area contributed by atoms with Gasteiger partial charge in [-0.15, -0.1) is 0 Å². The molecule has 0 saturated heterocycles. The minimum Gasteiger partial charge on any atom is -0.316 e. The van der Waals surface area contributed by atoms with Gasteiger partial charge >= 0.3 is 0 Å². The molecule has 0 aromatic carbocycles. The summed E-state index contributed by atoms with van der Waals surface area (Å²) in [6, 6.07) is 0. The van der Waals surface area contributed by atoms with E-state index >= 15 is 0 Å². The van der Waals surface area contributed by atoms with Crippen molar-refractivity contribution in [1.29, 1.82) is 0 Å². The minimum absolute atomic E-state index is 0.677. The molecule has 0 amide bonds. The lowest BCUT2D eigenvalue weighted by Gasteiger charge is -2.27. The maximum Gasteiger partial charge on any atom is 0.000759 e. The Morgan fingerprint density at radius 2 is 1.82 bits per heavy atom. The zero-order valence-corrected chi connectivity index (χ0v) is 7.95. The van der Waals surface area contributed by atoms with Crippen LogP contribution in [0.3, 0.4) is 0 Å². The van der Waals surface area contributed by atoms with Crippen molar-refractivity contribution in [2.75, 3.05) is 13.1 Å². The lowest BCUT2D eigenvalue weighted by Crippen LogP contribution is -2.31. The van der Waals surface area contributed by atoms with Gasteiger partial charge in [0.25, 0.3) is 0 Å². The smallest absolute Gasteiger partial charge is 0.000759 e. The molecule has 1 rings (SSSR count). The Morgan fingerprint density at radius 1 is 1.18 bits per heavy atom. The highest BCUT2D eigenvalue weighted by molar-refractivity contribution is 4.85. The van der Waals surface area contributed by atoms with E-state index in [9.17, 15) is 0 Å². The van der Waals surface area contributed by atoms with Crippen LogP contribution in [0.1, 0.15) is 46.0 Å². The summed E-state index contributed by atoms with van der Waals surface area (Å²) < 4.78 is 0. The number of nitrogens with one attached hydrogen (secondary N) is 1. The summed E-state index contributed by atoms with van der Waals surface area (Å²) >= 11 is 0. The van der Waals surface area contributed by atoms with Crippen molar-refractivity contribution in [1.82, 2.24) is 5.32 Å². The normalized spacial score (nSPS) is 22.4. The maximum atomic E-state index is 3.48. The molecular formula is C10H21N. The van der Waals surface area contributed by atoms with Crippen molar-refractivity contribution >= 4 is 0 Å². The second-order valence-electron chi connectivity index (χ2n) is 3.84. The molecular weight excluding hydrogens is 134 g/mol.